The molecule has 46 heavy (non-hydrogen) atoms. The average molecular weight is 640 g/mol. The van der Waals surface area contributed by atoms with Gasteiger partial charge in [-0.3, -0.25) is 19.2 Å². The highest BCUT2D eigenvalue weighted by molar-refractivity contribution is 5.92. The molecule has 4 aliphatic rings. The van der Waals surface area contributed by atoms with Crippen molar-refractivity contribution in [2.75, 3.05) is 13.7 Å². The molecule has 5 rings (SSSR count). The number of phenols is 1. The molecule has 0 saturated heterocycles. The molecular formula is C35H45NO10. The van der Waals surface area contributed by atoms with Gasteiger partial charge in [-0.05, 0) is 85.5 Å². The van der Waals surface area contributed by atoms with E-state index >= 15 is 0 Å². The number of fused-ring (bicyclic) bond motifs is 5. The fraction of sp³-hybridized carbons (Fsp3) is 0.629. The number of phenolic OH excluding ortho intramolecular Hbond substituents is 1. The van der Waals surface area contributed by atoms with Gasteiger partial charge >= 0.3 is 11.9 Å². The van der Waals surface area contributed by atoms with Crippen molar-refractivity contribution in [2.24, 2.45) is 28.6 Å². The van der Waals surface area contributed by atoms with Gasteiger partial charge in [-0.1, -0.05) is 31.6 Å². The molecule has 0 radical (unpaired) electrons. The summed E-state index contributed by atoms with van der Waals surface area (Å²) in [6, 6.07) is 5.14. The van der Waals surface area contributed by atoms with Crippen molar-refractivity contribution in [1.82, 2.24) is 5.32 Å². The zero-order valence-electron chi connectivity index (χ0n) is 26.8. The molecule has 250 valence electrons. The minimum atomic E-state index is -1.78. The summed E-state index contributed by atoms with van der Waals surface area (Å²) in [5.74, 6) is -2.45. The maximum Gasteiger partial charge on any atom is 0.328 e. The van der Waals surface area contributed by atoms with E-state index in [4.69, 9.17) is 9.47 Å². The molecule has 3 fully saturated rings. The predicted octanol–water partition coefficient (Wildman–Crippen LogP) is 2.72. The van der Waals surface area contributed by atoms with Crippen molar-refractivity contribution >= 4 is 29.4 Å². The number of nitrogens with one attached hydrogen (secondary N) is 1. The van der Waals surface area contributed by atoms with Crippen molar-refractivity contribution in [3.8, 4) is 5.75 Å². The summed E-state index contributed by atoms with van der Waals surface area (Å²) in [6.45, 7) is 3.36. The van der Waals surface area contributed by atoms with Gasteiger partial charge in [-0.25, -0.2) is 4.79 Å². The molecule has 4 aliphatic carbocycles. The number of Topliss-reactive ketones (excluding diaryl/α,β-unsaturated/α-hetero) is 1. The summed E-state index contributed by atoms with van der Waals surface area (Å²) in [5.41, 5.74) is -1.18. The number of carbonyl (C=O) groups is 5. The van der Waals surface area contributed by atoms with Crippen LogP contribution in [0.4, 0.5) is 0 Å². The van der Waals surface area contributed by atoms with Crippen LogP contribution in [0.3, 0.4) is 0 Å². The predicted molar refractivity (Wildman–Crippen MR) is 164 cm³/mol. The molecule has 11 nitrogen and oxygen atoms in total. The number of carbonyl (C=O) groups excluding carboxylic acids is 5. The van der Waals surface area contributed by atoms with Gasteiger partial charge in [0.2, 0.25) is 11.7 Å². The van der Waals surface area contributed by atoms with Gasteiger partial charge in [0.25, 0.3) is 0 Å². The van der Waals surface area contributed by atoms with Gasteiger partial charge in [0, 0.05) is 24.7 Å². The first-order chi connectivity index (χ1) is 21.7. The van der Waals surface area contributed by atoms with E-state index in [0.717, 1.165) is 18.4 Å². The Balaban J connectivity index is 1.16. The first-order valence-electron chi connectivity index (χ1n) is 16.2. The van der Waals surface area contributed by atoms with Crippen LogP contribution in [-0.2, 0) is 39.9 Å². The minimum Gasteiger partial charge on any atom is -0.508 e. The summed E-state index contributed by atoms with van der Waals surface area (Å²) in [5, 5.41) is 35.4. The SMILES string of the molecule is COC(=O)[C@@H](Cc1ccc(O)cc1)NC(=O)CCC(=O)OCC(=O)[C@@]1(O)CC[C@H]2[C@H]3CCC4=CC(=O)CC[C@]4(C)[C@H]3[C@@H](O)C[C@]21C. The molecule has 11 heteroatoms. The van der Waals surface area contributed by atoms with E-state index in [0.29, 0.717) is 24.8 Å². The van der Waals surface area contributed by atoms with Gasteiger partial charge in [0.1, 0.15) is 17.4 Å². The molecule has 3 saturated carbocycles. The fourth-order valence-corrected chi connectivity index (χ4v) is 9.17. The van der Waals surface area contributed by atoms with Gasteiger partial charge in [0.05, 0.1) is 19.6 Å². The Labute approximate surface area is 268 Å². The number of aromatic hydroxyl groups is 1. The quantitative estimate of drug-likeness (QED) is 0.279. The minimum absolute atomic E-state index is 0.00502. The van der Waals surface area contributed by atoms with E-state index in [9.17, 15) is 39.3 Å². The lowest BCUT2D eigenvalue weighted by Gasteiger charge is -2.60. The van der Waals surface area contributed by atoms with Crippen LogP contribution in [0.15, 0.2) is 35.9 Å². The first kappa shape index (κ1) is 33.8. The fourth-order valence-electron chi connectivity index (χ4n) is 9.17. The van der Waals surface area contributed by atoms with E-state index in [2.05, 4.69) is 12.2 Å². The van der Waals surface area contributed by atoms with E-state index < -0.39 is 53.4 Å². The standard InChI is InChI=1S/C35H45NO10/c1-33-14-12-23(38)17-21(33)6-9-24-25-13-15-35(44,34(25,2)18-27(39)31(24)33)28(40)19-46-30(42)11-10-29(41)36-26(32(43)45-3)16-20-4-7-22(37)8-5-20/h4-5,7-8,17,24-27,31,37,39,44H,6,9-16,18-19H2,1-3H3,(H,36,41)/t24-,25+,26-,27+,31-,33+,34-,35+/m1/s1. The number of esters is 2. The molecule has 8 atom stereocenters. The number of aliphatic hydroxyl groups is 2. The second kappa shape index (κ2) is 12.9. The lowest BCUT2D eigenvalue weighted by Crippen LogP contribution is -2.62. The summed E-state index contributed by atoms with van der Waals surface area (Å²) in [7, 11) is 1.20. The topological polar surface area (TPSA) is 177 Å². The molecule has 1 aromatic carbocycles. The number of hydrogen-bond donors (Lipinski definition) is 4. The number of ether oxygens (including phenoxy) is 2. The Morgan fingerprint density at radius 2 is 1.76 bits per heavy atom. The third-order valence-corrected chi connectivity index (χ3v) is 11.6. The van der Waals surface area contributed by atoms with Crippen molar-refractivity contribution in [3.63, 3.8) is 0 Å². The summed E-state index contributed by atoms with van der Waals surface area (Å²) in [4.78, 5) is 63.0. The maximum absolute atomic E-state index is 13.5. The monoisotopic (exact) mass is 639 g/mol. The number of amides is 1. The van der Waals surface area contributed by atoms with Crippen LogP contribution in [-0.4, -0.2) is 76.2 Å². The Bertz CT molecular complexity index is 1420. The molecule has 0 unspecified atom stereocenters. The van der Waals surface area contributed by atoms with Gasteiger partial charge in [-0.2, -0.15) is 0 Å². The lowest BCUT2D eigenvalue weighted by atomic mass is 9.45. The number of aliphatic hydroxyl groups excluding tert-OH is 1. The summed E-state index contributed by atoms with van der Waals surface area (Å²) in [6.07, 6.45) is 4.23. The first-order valence-corrected chi connectivity index (χ1v) is 16.2. The molecule has 0 heterocycles. The van der Waals surface area contributed by atoms with Crippen molar-refractivity contribution in [2.45, 2.75) is 95.8 Å². The average Bonchev–Trinajstić information content (AvgIpc) is 3.29. The Kier molecular flexibility index (Phi) is 9.48. The number of methoxy groups -OCH3 is 1. The van der Waals surface area contributed by atoms with Crippen LogP contribution >= 0.6 is 0 Å². The molecule has 0 bridgehead atoms. The lowest BCUT2D eigenvalue weighted by molar-refractivity contribution is -0.184. The van der Waals surface area contributed by atoms with Gasteiger partial charge < -0.3 is 30.1 Å². The van der Waals surface area contributed by atoms with E-state index in [-0.39, 0.29) is 66.8 Å². The van der Waals surface area contributed by atoms with Crippen LogP contribution in [0.5, 0.6) is 5.75 Å². The number of benzene rings is 1. The third kappa shape index (κ3) is 6.11. The molecule has 1 aromatic rings. The number of ketones is 2. The Hall–Kier alpha value is -3.57. The third-order valence-electron chi connectivity index (χ3n) is 11.6. The normalized spacial score (nSPS) is 33.8. The Morgan fingerprint density at radius 1 is 1.04 bits per heavy atom. The highest BCUT2D eigenvalue weighted by Crippen LogP contribution is 2.67. The zero-order valence-corrected chi connectivity index (χ0v) is 26.8. The smallest absolute Gasteiger partial charge is 0.328 e. The van der Waals surface area contributed by atoms with Crippen molar-refractivity contribution in [3.05, 3.63) is 41.5 Å². The van der Waals surface area contributed by atoms with E-state index in [1.807, 2.05) is 6.92 Å². The van der Waals surface area contributed by atoms with Crippen molar-refractivity contribution in [1.29, 1.82) is 0 Å². The molecule has 0 aromatic heterocycles. The van der Waals surface area contributed by atoms with E-state index in [1.165, 1.54) is 19.2 Å². The van der Waals surface area contributed by atoms with Crippen LogP contribution in [0.1, 0.15) is 77.2 Å². The van der Waals surface area contributed by atoms with Gasteiger partial charge in [0.15, 0.2) is 12.4 Å². The number of rotatable bonds is 10. The molecule has 1 amide bonds. The van der Waals surface area contributed by atoms with Crippen molar-refractivity contribution < 1.29 is 48.8 Å². The highest BCUT2D eigenvalue weighted by Gasteiger charge is 2.68. The maximum atomic E-state index is 13.5. The van der Waals surface area contributed by atoms with Crippen LogP contribution in [0.2, 0.25) is 0 Å². The second-order valence-corrected chi connectivity index (χ2v) is 14.1. The molecule has 0 aliphatic heterocycles. The van der Waals surface area contributed by atoms with Crippen LogP contribution < -0.4 is 5.32 Å². The van der Waals surface area contributed by atoms with Crippen LogP contribution in [0, 0.1) is 28.6 Å². The number of hydrogen-bond acceptors (Lipinski definition) is 10. The summed E-state index contributed by atoms with van der Waals surface area (Å²) < 4.78 is 10.0. The highest BCUT2D eigenvalue weighted by atomic mass is 16.5. The molecule has 4 N–H and O–H groups in total. The summed E-state index contributed by atoms with van der Waals surface area (Å²) >= 11 is 0. The van der Waals surface area contributed by atoms with E-state index in [1.54, 1.807) is 18.2 Å². The van der Waals surface area contributed by atoms with Crippen LogP contribution in [0.25, 0.3) is 0 Å². The Morgan fingerprint density at radius 3 is 2.46 bits per heavy atom. The van der Waals surface area contributed by atoms with Gasteiger partial charge in [-0.15, -0.1) is 0 Å². The second-order valence-electron chi connectivity index (χ2n) is 14.1. The zero-order chi connectivity index (χ0) is 33.4. The molecular weight excluding hydrogens is 594 g/mol. The number of allylic oxidation sites excluding steroid dienone is 1. The molecule has 0 spiro atoms. The largest absolute Gasteiger partial charge is 0.508 e.